The molecule has 0 aliphatic heterocycles. The molecule has 0 bridgehead atoms. The summed E-state index contributed by atoms with van der Waals surface area (Å²) in [6.45, 7) is 7.14. The number of halogens is 1. The summed E-state index contributed by atoms with van der Waals surface area (Å²) >= 11 is 0. The number of carbonyl (C=O) groups excluding carboxylic acids is 3. The fourth-order valence-electron chi connectivity index (χ4n) is 5.15. The highest BCUT2D eigenvalue weighted by molar-refractivity contribution is 5.93. The lowest BCUT2D eigenvalue weighted by Gasteiger charge is -2.13. The van der Waals surface area contributed by atoms with Gasteiger partial charge in [-0.05, 0) is 67.3 Å². The number of hydrogen-bond donors (Lipinski definition) is 0. The van der Waals surface area contributed by atoms with Gasteiger partial charge in [0.15, 0.2) is 6.10 Å². The Balaban J connectivity index is 1.39. The Hall–Kier alpha value is -4.24. The van der Waals surface area contributed by atoms with E-state index in [0.717, 1.165) is 48.3 Å². The zero-order valence-electron chi connectivity index (χ0n) is 29.9. The molecule has 8 nitrogen and oxygen atoms in total. The minimum atomic E-state index is -1.25. The van der Waals surface area contributed by atoms with Gasteiger partial charge in [-0.15, -0.1) is 0 Å². The first-order valence-electron chi connectivity index (χ1n) is 18.1. The van der Waals surface area contributed by atoms with Crippen molar-refractivity contribution in [2.45, 2.75) is 104 Å². The molecule has 0 unspecified atom stereocenters. The largest absolute Gasteiger partial charge is 0.494 e. The van der Waals surface area contributed by atoms with Crippen molar-refractivity contribution in [2.24, 2.45) is 0 Å². The van der Waals surface area contributed by atoms with Crippen molar-refractivity contribution < 1.29 is 42.5 Å². The number of esters is 3. The Morgan fingerprint density at radius 1 is 0.620 bits per heavy atom. The monoisotopic (exact) mass is 692 g/mol. The molecule has 0 aliphatic rings. The second kappa shape index (κ2) is 23.2. The molecule has 0 saturated carbocycles. The first kappa shape index (κ1) is 40.2. The molecule has 0 fully saturated rings. The molecule has 3 aromatic rings. The lowest BCUT2D eigenvalue weighted by Crippen LogP contribution is -2.27. The summed E-state index contributed by atoms with van der Waals surface area (Å²) in [5.41, 5.74) is 1.75. The molecule has 0 N–H and O–H groups in total. The van der Waals surface area contributed by atoms with Crippen molar-refractivity contribution in [2.75, 3.05) is 26.4 Å². The molecule has 3 aromatic carbocycles. The van der Waals surface area contributed by atoms with Crippen molar-refractivity contribution >= 4 is 17.9 Å². The van der Waals surface area contributed by atoms with E-state index in [1.807, 2.05) is 43.3 Å². The normalized spacial score (nSPS) is 11.5. The van der Waals surface area contributed by atoms with Gasteiger partial charge in [-0.25, -0.2) is 18.8 Å². The predicted molar refractivity (Wildman–Crippen MR) is 192 cm³/mol. The molecule has 1 atom stereocenters. The highest BCUT2D eigenvalue weighted by Crippen LogP contribution is 2.24. The second-order valence-electron chi connectivity index (χ2n) is 12.3. The molecule has 50 heavy (non-hydrogen) atoms. The topological polar surface area (TPSA) is 97.4 Å². The zero-order chi connectivity index (χ0) is 36.0. The molecule has 0 radical (unpaired) electrons. The summed E-state index contributed by atoms with van der Waals surface area (Å²) in [6.07, 6.45) is 13.5. The van der Waals surface area contributed by atoms with Crippen LogP contribution >= 0.6 is 0 Å². The second-order valence-corrected chi connectivity index (χ2v) is 12.3. The van der Waals surface area contributed by atoms with Crippen LogP contribution in [0.4, 0.5) is 4.39 Å². The summed E-state index contributed by atoms with van der Waals surface area (Å²) in [4.78, 5) is 37.3. The quantitative estimate of drug-likeness (QED) is 0.0520. The van der Waals surface area contributed by atoms with Gasteiger partial charge in [-0.2, -0.15) is 0 Å². The zero-order valence-corrected chi connectivity index (χ0v) is 29.9. The van der Waals surface area contributed by atoms with Crippen LogP contribution in [0.25, 0.3) is 11.1 Å². The van der Waals surface area contributed by atoms with Gasteiger partial charge in [0.05, 0.1) is 24.3 Å². The van der Waals surface area contributed by atoms with E-state index in [9.17, 15) is 18.8 Å². The van der Waals surface area contributed by atoms with Crippen LogP contribution < -0.4 is 9.47 Å². The number of hydrogen-bond acceptors (Lipinski definition) is 8. The molecular weight excluding hydrogens is 639 g/mol. The van der Waals surface area contributed by atoms with E-state index in [0.29, 0.717) is 13.2 Å². The minimum Gasteiger partial charge on any atom is -0.494 e. The molecule has 9 heteroatoms. The van der Waals surface area contributed by atoms with Crippen molar-refractivity contribution in [1.82, 2.24) is 0 Å². The summed E-state index contributed by atoms with van der Waals surface area (Å²) in [6, 6.07) is 18.1. The summed E-state index contributed by atoms with van der Waals surface area (Å²) in [5.74, 6) is -2.72. The van der Waals surface area contributed by atoms with Gasteiger partial charge in [0.1, 0.15) is 23.9 Å². The number of rotatable bonds is 24. The molecule has 0 amide bonds. The lowest BCUT2D eigenvalue weighted by molar-refractivity contribution is -0.154. The van der Waals surface area contributed by atoms with E-state index in [1.165, 1.54) is 70.8 Å². The number of benzene rings is 3. The van der Waals surface area contributed by atoms with Crippen LogP contribution in [0.3, 0.4) is 0 Å². The van der Waals surface area contributed by atoms with Crippen molar-refractivity contribution in [3.05, 3.63) is 83.7 Å². The maximum Gasteiger partial charge on any atom is 0.347 e. The fourth-order valence-corrected chi connectivity index (χ4v) is 5.15. The van der Waals surface area contributed by atoms with Gasteiger partial charge >= 0.3 is 17.9 Å². The number of ether oxygens (including phenoxy) is 5. The van der Waals surface area contributed by atoms with E-state index in [-0.39, 0.29) is 24.5 Å². The van der Waals surface area contributed by atoms with Crippen molar-refractivity contribution in [3.8, 4) is 22.6 Å². The third-order valence-corrected chi connectivity index (χ3v) is 8.18. The van der Waals surface area contributed by atoms with Crippen molar-refractivity contribution in [1.29, 1.82) is 0 Å². The van der Waals surface area contributed by atoms with E-state index in [1.54, 1.807) is 12.1 Å². The molecule has 0 heterocycles. The van der Waals surface area contributed by atoms with E-state index < -0.39 is 35.4 Å². The average molecular weight is 693 g/mol. The maximum atomic E-state index is 14.8. The Morgan fingerprint density at radius 2 is 1.20 bits per heavy atom. The maximum absolute atomic E-state index is 14.8. The van der Waals surface area contributed by atoms with Crippen LogP contribution in [-0.2, 0) is 19.0 Å². The van der Waals surface area contributed by atoms with Crippen LogP contribution in [0.2, 0.25) is 0 Å². The van der Waals surface area contributed by atoms with Gasteiger partial charge in [-0.1, -0.05) is 102 Å². The van der Waals surface area contributed by atoms with Gasteiger partial charge in [0, 0.05) is 12.7 Å². The van der Waals surface area contributed by atoms with Crippen LogP contribution in [0.1, 0.15) is 119 Å². The third-order valence-electron chi connectivity index (χ3n) is 8.18. The van der Waals surface area contributed by atoms with Gasteiger partial charge < -0.3 is 23.7 Å². The molecule has 3 rings (SSSR count). The standard InChI is InChI=1S/C41H53FO8/c1-4-6-8-9-10-11-12-13-14-15-27-47-35-22-20-33(21-23-35)32-16-18-34(19-17-32)40(44)50-36-24-25-37(38(42)30-36)41(45)49-31(3)39(43)48-29-28-46-26-7-5-2/h16-25,30-31H,4-15,26-29H2,1-3H3/t31-/m0/s1. The third kappa shape index (κ3) is 14.7. The number of carbonyl (C=O) groups is 3. The average Bonchev–Trinajstić information content (AvgIpc) is 3.12. The summed E-state index contributed by atoms with van der Waals surface area (Å²) in [7, 11) is 0. The van der Waals surface area contributed by atoms with Gasteiger partial charge in [-0.3, -0.25) is 0 Å². The summed E-state index contributed by atoms with van der Waals surface area (Å²) < 4.78 is 41.4. The smallest absolute Gasteiger partial charge is 0.347 e. The first-order chi connectivity index (χ1) is 24.3. The highest BCUT2D eigenvalue weighted by atomic mass is 19.1. The Labute approximate surface area is 296 Å². The highest BCUT2D eigenvalue weighted by Gasteiger charge is 2.23. The van der Waals surface area contributed by atoms with Gasteiger partial charge in [0.25, 0.3) is 0 Å². The lowest BCUT2D eigenvalue weighted by atomic mass is 10.0. The predicted octanol–water partition coefficient (Wildman–Crippen LogP) is 9.92. The Morgan fingerprint density at radius 3 is 1.82 bits per heavy atom. The van der Waals surface area contributed by atoms with E-state index in [2.05, 4.69) is 6.92 Å². The SMILES string of the molecule is CCCCCCCCCCCCOc1ccc(-c2ccc(C(=O)Oc3ccc(C(=O)O[C@@H](C)C(=O)OCCOCCCC)c(F)c3)cc2)cc1. The summed E-state index contributed by atoms with van der Waals surface area (Å²) in [5, 5.41) is 0. The van der Waals surface area contributed by atoms with Crippen LogP contribution in [0.5, 0.6) is 11.5 Å². The molecule has 0 spiro atoms. The van der Waals surface area contributed by atoms with E-state index in [4.69, 9.17) is 23.7 Å². The van der Waals surface area contributed by atoms with Crippen LogP contribution in [0, 0.1) is 5.82 Å². The molecular formula is C41H53FO8. The minimum absolute atomic E-state index is 0.0175. The van der Waals surface area contributed by atoms with Crippen LogP contribution in [-0.4, -0.2) is 50.4 Å². The number of unbranched alkanes of at least 4 members (excludes halogenated alkanes) is 10. The first-order valence-corrected chi connectivity index (χ1v) is 18.1. The van der Waals surface area contributed by atoms with Crippen molar-refractivity contribution in [3.63, 3.8) is 0 Å². The molecule has 0 aliphatic carbocycles. The Kier molecular flexibility index (Phi) is 18.7. The fraction of sp³-hybridized carbons (Fsp3) is 0.488. The van der Waals surface area contributed by atoms with Crippen LogP contribution in [0.15, 0.2) is 66.7 Å². The van der Waals surface area contributed by atoms with E-state index >= 15 is 0 Å². The van der Waals surface area contributed by atoms with Gasteiger partial charge in [0.2, 0.25) is 0 Å². The molecule has 0 saturated heterocycles. The molecule has 0 aromatic heterocycles. The molecule has 272 valence electrons. The Bertz CT molecular complexity index is 1440.